The van der Waals surface area contributed by atoms with Gasteiger partial charge in [0, 0.05) is 0 Å². The van der Waals surface area contributed by atoms with E-state index in [1.165, 1.54) is 0 Å². The topological polar surface area (TPSA) is 55.9 Å². The second kappa shape index (κ2) is 5.13. The van der Waals surface area contributed by atoms with Crippen LogP contribution in [0.5, 0.6) is 5.75 Å². The van der Waals surface area contributed by atoms with E-state index < -0.39 is 9.84 Å². The van der Waals surface area contributed by atoms with E-state index in [4.69, 9.17) is 9.47 Å². The van der Waals surface area contributed by atoms with E-state index in [2.05, 4.69) is 0 Å². The number of ether oxygens (including phenoxy) is 2. The Morgan fingerprint density at radius 3 is 2.37 bits per heavy atom. The fraction of sp³-hybridized carbons (Fsp3) is 0.571. The highest BCUT2D eigenvalue weighted by Crippen LogP contribution is 2.30. The molecule has 2 rings (SSSR count). The van der Waals surface area contributed by atoms with Gasteiger partial charge < -0.3 is 9.47 Å². The van der Waals surface area contributed by atoms with Crippen molar-refractivity contribution < 1.29 is 17.9 Å². The molecule has 0 aliphatic carbocycles. The average Bonchev–Trinajstić information content (AvgIpc) is 3.13. The van der Waals surface area contributed by atoms with Crippen molar-refractivity contribution in [3.8, 4) is 5.75 Å². The van der Waals surface area contributed by atoms with E-state index in [0.717, 1.165) is 6.61 Å². The van der Waals surface area contributed by atoms with Crippen molar-refractivity contribution in [3.05, 3.63) is 24.3 Å². The van der Waals surface area contributed by atoms with Gasteiger partial charge in [0.25, 0.3) is 0 Å². The van der Waals surface area contributed by atoms with Gasteiger partial charge in [-0.05, 0) is 44.5 Å². The Morgan fingerprint density at radius 2 is 1.89 bits per heavy atom. The molecule has 1 aliphatic heterocycles. The Kier molecular flexibility index (Phi) is 3.87. The second-order valence-corrected chi connectivity index (χ2v) is 7.43. The van der Waals surface area contributed by atoms with E-state index in [-0.39, 0.29) is 17.5 Å². The lowest BCUT2D eigenvalue weighted by Gasteiger charge is -2.24. The Bertz CT molecular complexity index is 527. The maximum atomic E-state index is 11.9. The third kappa shape index (κ3) is 3.48. The summed E-state index contributed by atoms with van der Waals surface area (Å²) >= 11 is 0. The molecular formula is C14H20O4S. The van der Waals surface area contributed by atoms with Crippen LogP contribution in [0.3, 0.4) is 0 Å². The molecule has 1 aromatic rings. The first-order valence-corrected chi connectivity index (χ1v) is 8.14. The molecule has 1 saturated heterocycles. The zero-order valence-corrected chi connectivity index (χ0v) is 12.4. The van der Waals surface area contributed by atoms with Crippen LogP contribution < -0.4 is 4.74 Å². The van der Waals surface area contributed by atoms with Gasteiger partial charge in [-0.1, -0.05) is 6.92 Å². The summed E-state index contributed by atoms with van der Waals surface area (Å²) < 4.78 is 34.8. The number of benzene rings is 1. The molecule has 19 heavy (non-hydrogen) atoms. The van der Waals surface area contributed by atoms with Gasteiger partial charge in [-0.25, -0.2) is 8.42 Å². The van der Waals surface area contributed by atoms with Gasteiger partial charge in [0.1, 0.15) is 17.5 Å². The van der Waals surface area contributed by atoms with Crippen LogP contribution in [0.15, 0.2) is 29.2 Å². The average molecular weight is 284 g/mol. The van der Waals surface area contributed by atoms with Crippen LogP contribution in [0, 0.1) is 0 Å². The minimum atomic E-state index is -3.16. The van der Waals surface area contributed by atoms with Crippen LogP contribution in [0.2, 0.25) is 0 Å². The minimum Gasteiger partial charge on any atom is -0.485 e. The van der Waals surface area contributed by atoms with E-state index >= 15 is 0 Å². The van der Waals surface area contributed by atoms with E-state index in [1.54, 1.807) is 24.3 Å². The fourth-order valence-corrected chi connectivity index (χ4v) is 3.24. The maximum absolute atomic E-state index is 11.9. The van der Waals surface area contributed by atoms with E-state index in [1.807, 2.05) is 20.8 Å². The normalized spacial score (nSPS) is 19.2. The zero-order valence-electron chi connectivity index (χ0n) is 11.5. The van der Waals surface area contributed by atoms with Gasteiger partial charge in [0.15, 0.2) is 9.84 Å². The minimum absolute atomic E-state index is 0.121. The summed E-state index contributed by atoms with van der Waals surface area (Å²) in [6, 6.07) is 6.60. The van der Waals surface area contributed by atoms with Gasteiger partial charge in [0.2, 0.25) is 0 Å². The lowest BCUT2D eigenvalue weighted by Crippen LogP contribution is -2.34. The van der Waals surface area contributed by atoms with Crippen molar-refractivity contribution in [2.75, 3.05) is 12.4 Å². The van der Waals surface area contributed by atoms with Crippen LogP contribution in [-0.2, 0) is 14.6 Å². The zero-order chi connectivity index (χ0) is 14.1. The van der Waals surface area contributed by atoms with Gasteiger partial charge in [-0.15, -0.1) is 0 Å². The first-order valence-electron chi connectivity index (χ1n) is 6.48. The summed E-state index contributed by atoms with van der Waals surface area (Å²) in [6.07, 6.45) is 0.739. The molecule has 1 unspecified atom stereocenters. The smallest absolute Gasteiger partial charge is 0.178 e. The monoisotopic (exact) mass is 284 g/mol. The number of hydrogen-bond donors (Lipinski definition) is 0. The molecule has 0 saturated carbocycles. The summed E-state index contributed by atoms with van der Waals surface area (Å²) in [4.78, 5) is 0.349. The molecule has 0 amide bonds. The van der Waals surface area contributed by atoms with Crippen LogP contribution in [-0.4, -0.2) is 32.5 Å². The van der Waals surface area contributed by atoms with E-state index in [0.29, 0.717) is 17.1 Å². The summed E-state index contributed by atoms with van der Waals surface area (Å²) in [6.45, 7) is 6.50. The van der Waals surface area contributed by atoms with Crippen molar-refractivity contribution in [3.63, 3.8) is 0 Å². The van der Waals surface area contributed by atoms with Gasteiger partial charge in [-0.3, -0.25) is 0 Å². The largest absolute Gasteiger partial charge is 0.485 e. The standard InChI is InChI=1S/C14H20O4S/c1-4-9-19(15,16)12-7-5-11(6-8-12)18-14(2,3)13-10-17-13/h5-8,13H,4,9-10H2,1-3H3. The molecule has 5 heteroatoms. The molecule has 1 fully saturated rings. The van der Waals surface area contributed by atoms with Crippen molar-refractivity contribution in [1.82, 2.24) is 0 Å². The Balaban J connectivity index is 2.10. The van der Waals surface area contributed by atoms with Gasteiger partial charge in [0.05, 0.1) is 17.3 Å². The second-order valence-electron chi connectivity index (χ2n) is 5.32. The number of epoxide rings is 1. The molecule has 0 N–H and O–H groups in total. The molecule has 106 valence electrons. The Labute approximate surface area is 114 Å². The maximum Gasteiger partial charge on any atom is 0.178 e. The van der Waals surface area contributed by atoms with Crippen LogP contribution in [0.25, 0.3) is 0 Å². The van der Waals surface area contributed by atoms with Crippen LogP contribution in [0.4, 0.5) is 0 Å². The molecular weight excluding hydrogens is 264 g/mol. The molecule has 0 radical (unpaired) electrons. The summed E-state index contributed by atoms with van der Waals surface area (Å²) in [5, 5.41) is 0. The summed E-state index contributed by atoms with van der Waals surface area (Å²) in [7, 11) is -3.16. The summed E-state index contributed by atoms with van der Waals surface area (Å²) in [5.41, 5.74) is -0.385. The SMILES string of the molecule is CCCS(=O)(=O)c1ccc(OC(C)(C)C2CO2)cc1. The van der Waals surface area contributed by atoms with Crippen molar-refractivity contribution in [2.45, 2.75) is 43.8 Å². The van der Waals surface area contributed by atoms with Crippen LogP contribution >= 0.6 is 0 Å². The highest BCUT2D eigenvalue weighted by Gasteiger charge is 2.41. The Morgan fingerprint density at radius 1 is 1.32 bits per heavy atom. The predicted molar refractivity (Wildman–Crippen MR) is 73.2 cm³/mol. The highest BCUT2D eigenvalue weighted by atomic mass is 32.2. The first kappa shape index (κ1) is 14.3. The molecule has 1 heterocycles. The van der Waals surface area contributed by atoms with Crippen molar-refractivity contribution in [1.29, 1.82) is 0 Å². The first-order chi connectivity index (χ1) is 8.85. The molecule has 1 aromatic carbocycles. The third-order valence-electron chi connectivity index (χ3n) is 3.15. The number of hydrogen-bond acceptors (Lipinski definition) is 4. The number of rotatable bonds is 6. The highest BCUT2D eigenvalue weighted by molar-refractivity contribution is 7.91. The Hall–Kier alpha value is -1.07. The molecule has 0 spiro atoms. The van der Waals surface area contributed by atoms with Gasteiger partial charge in [-0.2, -0.15) is 0 Å². The van der Waals surface area contributed by atoms with Crippen molar-refractivity contribution in [2.24, 2.45) is 0 Å². The third-order valence-corrected chi connectivity index (χ3v) is 5.08. The quantitative estimate of drug-likeness (QED) is 0.753. The fourth-order valence-electron chi connectivity index (χ4n) is 1.92. The van der Waals surface area contributed by atoms with E-state index in [9.17, 15) is 8.42 Å². The summed E-state index contributed by atoms with van der Waals surface area (Å²) in [5.74, 6) is 0.838. The molecule has 1 aliphatic rings. The molecule has 1 atom stereocenters. The van der Waals surface area contributed by atoms with Gasteiger partial charge >= 0.3 is 0 Å². The predicted octanol–water partition coefficient (Wildman–Crippen LogP) is 2.43. The lowest BCUT2D eigenvalue weighted by atomic mass is 10.1. The van der Waals surface area contributed by atoms with Crippen LogP contribution in [0.1, 0.15) is 27.2 Å². The molecule has 0 aromatic heterocycles. The molecule has 0 bridgehead atoms. The lowest BCUT2D eigenvalue weighted by molar-refractivity contribution is 0.0743. The van der Waals surface area contributed by atoms with Crippen molar-refractivity contribution >= 4 is 9.84 Å². The molecule has 4 nitrogen and oxygen atoms in total. The number of sulfone groups is 1.